The number of aliphatic imine (C=N–C) groups is 1. The SMILES string of the molecule is CC1=CC=CC(C)=C(Oc2ccccc2/N=C/c2cc(C(C)(C)C)cc(C(C)(C)C)c2O)C1. The molecule has 0 bridgehead atoms. The van der Waals surface area contributed by atoms with Crippen molar-refractivity contribution in [1.29, 1.82) is 0 Å². The molecule has 0 unspecified atom stereocenters. The van der Waals surface area contributed by atoms with Crippen LogP contribution in [0, 0.1) is 0 Å². The van der Waals surface area contributed by atoms with Crippen molar-refractivity contribution >= 4 is 11.9 Å². The van der Waals surface area contributed by atoms with Gasteiger partial charge in [-0.2, -0.15) is 0 Å². The predicted molar refractivity (Wildman–Crippen MR) is 140 cm³/mol. The summed E-state index contributed by atoms with van der Waals surface area (Å²) in [6.45, 7) is 17.1. The first-order valence-electron chi connectivity index (χ1n) is 11.6. The number of benzene rings is 2. The summed E-state index contributed by atoms with van der Waals surface area (Å²) in [7, 11) is 0. The normalized spacial score (nSPS) is 15.1. The van der Waals surface area contributed by atoms with Crippen molar-refractivity contribution in [3.63, 3.8) is 0 Å². The number of allylic oxidation sites excluding steroid dienone is 5. The molecule has 0 spiro atoms. The Hall–Kier alpha value is -3.07. The summed E-state index contributed by atoms with van der Waals surface area (Å²) in [5.74, 6) is 1.91. The van der Waals surface area contributed by atoms with Crippen molar-refractivity contribution in [2.75, 3.05) is 0 Å². The zero-order valence-corrected chi connectivity index (χ0v) is 21.3. The first-order valence-corrected chi connectivity index (χ1v) is 11.6. The molecule has 0 amide bonds. The molecule has 0 aromatic heterocycles. The molecule has 3 heteroatoms. The number of para-hydroxylation sites is 2. The van der Waals surface area contributed by atoms with Gasteiger partial charge in [0.2, 0.25) is 0 Å². The third-order valence-electron chi connectivity index (χ3n) is 5.86. The summed E-state index contributed by atoms with van der Waals surface area (Å²) in [4.78, 5) is 4.75. The average Bonchev–Trinajstić information content (AvgIpc) is 2.86. The third-order valence-corrected chi connectivity index (χ3v) is 5.86. The third kappa shape index (κ3) is 6.04. The van der Waals surface area contributed by atoms with Crippen molar-refractivity contribution in [2.24, 2.45) is 4.99 Å². The fraction of sp³-hybridized carbons (Fsp3) is 0.367. The van der Waals surface area contributed by atoms with Crippen molar-refractivity contribution in [3.8, 4) is 11.5 Å². The Morgan fingerprint density at radius 2 is 1.67 bits per heavy atom. The van der Waals surface area contributed by atoms with Crippen LogP contribution in [-0.4, -0.2) is 11.3 Å². The molecule has 1 aliphatic carbocycles. The Kier molecular flexibility index (Phi) is 7.02. The lowest BCUT2D eigenvalue weighted by molar-refractivity contribution is 0.409. The smallest absolute Gasteiger partial charge is 0.152 e. The van der Waals surface area contributed by atoms with E-state index in [0.717, 1.165) is 29.0 Å². The molecule has 0 radical (unpaired) electrons. The van der Waals surface area contributed by atoms with E-state index in [4.69, 9.17) is 9.73 Å². The van der Waals surface area contributed by atoms with Crippen LogP contribution in [0.25, 0.3) is 0 Å². The van der Waals surface area contributed by atoms with Crippen molar-refractivity contribution in [1.82, 2.24) is 0 Å². The van der Waals surface area contributed by atoms with Gasteiger partial charge < -0.3 is 9.84 Å². The Balaban J connectivity index is 2.02. The van der Waals surface area contributed by atoms with Gasteiger partial charge in [0.15, 0.2) is 5.75 Å². The topological polar surface area (TPSA) is 41.8 Å². The minimum absolute atomic E-state index is 0.0420. The second-order valence-electron chi connectivity index (χ2n) is 10.9. The molecule has 0 saturated carbocycles. The van der Waals surface area contributed by atoms with Gasteiger partial charge in [-0.15, -0.1) is 0 Å². The molecular formula is C30H37NO2. The highest BCUT2D eigenvalue weighted by Gasteiger charge is 2.24. The molecule has 174 valence electrons. The van der Waals surface area contributed by atoms with Crippen LogP contribution in [0.4, 0.5) is 5.69 Å². The second kappa shape index (κ2) is 9.43. The summed E-state index contributed by atoms with van der Waals surface area (Å²) in [5.41, 5.74) is 5.67. The monoisotopic (exact) mass is 443 g/mol. The Labute approximate surface area is 199 Å². The van der Waals surface area contributed by atoms with E-state index in [-0.39, 0.29) is 16.6 Å². The van der Waals surface area contributed by atoms with Gasteiger partial charge in [-0.25, -0.2) is 0 Å². The highest BCUT2D eigenvalue weighted by Crippen LogP contribution is 2.38. The maximum atomic E-state index is 11.1. The largest absolute Gasteiger partial charge is 0.507 e. The minimum atomic E-state index is -0.183. The highest BCUT2D eigenvalue weighted by atomic mass is 16.5. The fourth-order valence-electron chi connectivity index (χ4n) is 3.70. The van der Waals surface area contributed by atoms with Gasteiger partial charge in [0, 0.05) is 23.8 Å². The number of phenolic OH excluding ortho intramolecular Hbond substituents is 1. The minimum Gasteiger partial charge on any atom is -0.507 e. The number of aromatic hydroxyl groups is 1. The van der Waals surface area contributed by atoms with E-state index in [2.05, 4.69) is 79.7 Å². The van der Waals surface area contributed by atoms with Gasteiger partial charge in [-0.3, -0.25) is 4.99 Å². The van der Waals surface area contributed by atoms with Gasteiger partial charge in [0.25, 0.3) is 0 Å². The summed E-state index contributed by atoms with van der Waals surface area (Å²) in [6, 6.07) is 11.9. The second-order valence-corrected chi connectivity index (χ2v) is 10.9. The quantitative estimate of drug-likeness (QED) is 0.483. The lowest BCUT2D eigenvalue weighted by Crippen LogP contribution is -2.17. The lowest BCUT2D eigenvalue weighted by Gasteiger charge is -2.27. The zero-order valence-electron chi connectivity index (χ0n) is 21.3. The van der Waals surface area contributed by atoms with Crippen LogP contribution >= 0.6 is 0 Å². The van der Waals surface area contributed by atoms with Gasteiger partial charge in [0.05, 0.1) is 0 Å². The number of phenols is 1. The van der Waals surface area contributed by atoms with E-state index >= 15 is 0 Å². The van der Waals surface area contributed by atoms with E-state index in [0.29, 0.717) is 11.3 Å². The number of ether oxygens (including phenoxy) is 1. The first-order chi connectivity index (χ1) is 15.4. The molecule has 3 rings (SSSR count). The Bertz CT molecular complexity index is 1150. The molecule has 0 saturated heterocycles. The molecular weight excluding hydrogens is 406 g/mol. The standard InChI is InChI=1S/C30H37NO2/c1-20-12-11-13-21(2)27(16-20)33-26-15-10-9-14-25(26)31-19-22-17-23(29(3,4)5)18-24(28(22)32)30(6,7)8/h9-15,17-19,32H,16H2,1-8H3/b31-19+. The molecule has 2 aromatic carbocycles. The van der Waals surface area contributed by atoms with Gasteiger partial charge in [-0.05, 0) is 54.0 Å². The molecule has 0 atom stereocenters. The van der Waals surface area contributed by atoms with Crippen molar-refractivity contribution in [3.05, 3.63) is 88.2 Å². The first kappa shape index (κ1) is 24.6. The summed E-state index contributed by atoms with van der Waals surface area (Å²) < 4.78 is 6.34. The summed E-state index contributed by atoms with van der Waals surface area (Å²) in [6.07, 6.45) is 8.76. The van der Waals surface area contributed by atoms with Crippen molar-refractivity contribution in [2.45, 2.75) is 72.6 Å². The van der Waals surface area contributed by atoms with Crippen LogP contribution in [0.1, 0.15) is 78.5 Å². The molecule has 33 heavy (non-hydrogen) atoms. The van der Waals surface area contributed by atoms with Crippen LogP contribution < -0.4 is 4.74 Å². The Morgan fingerprint density at radius 1 is 0.970 bits per heavy atom. The van der Waals surface area contributed by atoms with Crippen LogP contribution in [-0.2, 0) is 10.8 Å². The van der Waals surface area contributed by atoms with E-state index in [1.165, 1.54) is 11.1 Å². The van der Waals surface area contributed by atoms with Crippen molar-refractivity contribution < 1.29 is 9.84 Å². The Morgan fingerprint density at radius 3 is 2.33 bits per heavy atom. The van der Waals surface area contributed by atoms with Crippen LogP contribution in [0.15, 0.2) is 76.5 Å². The molecule has 0 aliphatic heterocycles. The van der Waals surface area contributed by atoms with Crippen LogP contribution in [0.2, 0.25) is 0 Å². The van der Waals surface area contributed by atoms with E-state index in [1.54, 1.807) is 6.21 Å². The van der Waals surface area contributed by atoms with E-state index in [1.807, 2.05) is 30.3 Å². The molecule has 2 aromatic rings. The van der Waals surface area contributed by atoms with E-state index < -0.39 is 0 Å². The lowest BCUT2D eigenvalue weighted by atomic mass is 9.79. The number of rotatable bonds is 4. The highest BCUT2D eigenvalue weighted by molar-refractivity contribution is 5.87. The maximum absolute atomic E-state index is 11.1. The van der Waals surface area contributed by atoms with Gasteiger partial charge in [0.1, 0.15) is 17.2 Å². The maximum Gasteiger partial charge on any atom is 0.152 e. The zero-order chi connectivity index (χ0) is 24.4. The molecule has 1 N–H and O–H groups in total. The summed E-state index contributed by atoms with van der Waals surface area (Å²) >= 11 is 0. The molecule has 3 nitrogen and oxygen atoms in total. The van der Waals surface area contributed by atoms with Gasteiger partial charge in [-0.1, -0.05) is 83.5 Å². The molecule has 1 aliphatic rings. The van der Waals surface area contributed by atoms with Gasteiger partial charge >= 0.3 is 0 Å². The number of hydrogen-bond acceptors (Lipinski definition) is 3. The van der Waals surface area contributed by atoms with Crippen LogP contribution in [0.5, 0.6) is 11.5 Å². The summed E-state index contributed by atoms with van der Waals surface area (Å²) in [5, 5.41) is 11.1. The fourth-order valence-corrected chi connectivity index (χ4v) is 3.70. The molecule has 0 heterocycles. The van der Waals surface area contributed by atoms with Crippen LogP contribution in [0.3, 0.4) is 0 Å². The average molecular weight is 444 g/mol. The number of hydrogen-bond donors (Lipinski definition) is 1. The number of nitrogens with zero attached hydrogens (tertiary/aromatic N) is 1. The predicted octanol–water partition coefficient (Wildman–Crippen LogP) is 8.30. The molecule has 0 fully saturated rings. The van der Waals surface area contributed by atoms with E-state index in [9.17, 15) is 5.11 Å².